The van der Waals surface area contributed by atoms with Gasteiger partial charge in [0, 0.05) is 11.5 Å². The van der Waals surface area contributed by atoms with E-state index >= 15 is 0 Å². The molecule has 0 saturated carbocycles. The molecule has 0 N–H and O–H groups in total. The number of amides is 1. The van der Waals surface area contributed by atoms with Crippen LogP contribution in [0.1, 0.15) is 16.7 Å². The highest BCUT2D eigenvalue weighted by Crippen LogP contribution is 2.41. The Morgan fingerprint density at radius 1 is 1.11 bits per heavy atom. The molecule has 0 atom stereocenters. The summed E-state index contributed by atoms with van der Waals surface area (Å²) in [6.07, 6.45) is -0.424. The van der Waals surface area contributed by atoms with Crippen LogP contribution in [0.2, 0.25) is 0 Å². The number of carbonyl (C=O) groups is 1. The number of carbonyl (C=O) groups excluding carboxylic acids is 1. The first-order valence-corrected chi connectivity index (χ1v) is 6.31. The van der Waals surface area contributed by atoms with Crippen LogP contribution in [0.15, 0.2) is 4.47 Å². The van der Waals surface area contributed by atoms with Crippen LogP contribution < -0.4 is 9.64 Å². The van der Waals surface area contributed by atoms with Crippen LogP contribution in [0.5, 0.6) is 5.75 Å². The molecule has 0 aliphatic carbocycles. The summed E-state index contributed by atoms with van der Waals surface area (Å²) < 4.78 is 11.2. The molecule has 0 bridgehead atoms. The van der Waals surface area contributed by atoms with Crippen molar-refractivity contribution >= 4 is 27.7 Å². The summed E-state index contributed by atoms with van der Waals surface area (Å²) in [7, 11) is 4.62. The number of rotatable bonds is 2. The molecule has 0 aliphatic heterocycles. The molecule has 4 nitrogen and oxygen atoms in total. The van der Waals surface area contributed by atoms with Crippen LogP contribution in [-0.4, -0.2) is 27.4 Å². The van der Waals surface area contributed by atoms with Crippen LogP contribution in [0, 0.1) is 20.8 Å². The molecule has 0 saturated heterocycles. The van der Waals surface area contributed by atoms with Gasteiger partial charge in [0.25, 0.3) is 0 Å². The van der Waals surface area contributed by atoms with E-state index in [1.54, 1.807) is 14.2 Å². The number of hydrogen-bond acceptors (Lipinski definition) is 3. The summed E-state index contributed by atoms with van der Waals surface area (Å²) in [6.45, 7) is 5.91. The highest BCUT2D eigenvalue weighted by molar-refractivity contribution is 9.10. The van der Waals surface area contributed by atoms with Crippen molar-refractivity contribution in [2.45, 2.75) is 20.8 Å². The highest BCUT2D eigenvalue weighted by atomic mass is 79.9. The van der Waals surface area contributed by atoms with Crippen LogP contribution in [0.4, 0.5) is 10.5 Å². The Balaban J connectivity index is 3.56. The van der Waals surface area contributed by atoms with Gasteiger partial charge in [0.2, 0.25) is 0 Å². The van der Waals surface area contributed by atoms with E-state index in [0.29, 0.717) is 5.75 Å². The van der Waals surface area contributed by atoms with Gasteiger partial charge in [-0.1, -0.05) is 15.9 Å². The SMILES string of the molecule is COC(=O)N(C)c1c(C)c(Br)c(C)c(C)c1OC. The van der Waals surface area contributed by atoms with Gasteiger partial charge in [-0.25, -0.2) is 4.79 Å². The average Bonchev–Trinajstić information content (AvgIpc) is 2.38. The van der Waals surface area contributed by atoms with E-state index in [-0.39, 0.29) is 0 Å². The third-order valence-corrected chi connectivity index (χ3v) is 4.31. The number of benzene rings is 1. The van der Waals surface area contributed by atoms with Gasteiger partial charge in [-0.05, 0) is 37.5 Å². The molecule has 1 amide bonds. The van der Waals surface area contributed by atoms with Gasteiger partial charge in [0.05, 0.1) is 19.9 Å². The van der Waals surface area contributed by atoms with Crippen molar-refractivity contribution in [3.63, 3.8) is 0 Å². The summed E-state index contributed by atoms with van der Waals surface area (Å²) in [5, 5.41) is 0. The minimum Gasteiger partial charge on any atom is -0.494 e. The fraction of sp³-hybridized carbons (Fsp3) is 0.462. The van der Waals surface area contributed by atoms with E-state index in [2.05, 4.69) is 15.9 Å². The molecular weight excluding hydrogens is 298 g/mol. The van der Waals surface area contributed by atoms with Gasteiger partial charge in [-0.3, -0.25) is 4.90 Å². The first-order chi connectivity index (χ1) is 8.36. The van der Waals surface area contributed by atoms with Crippen LogP contribution in [0.25, 0.3) is 0 Å². The summed E-state index contributed by atoms with van der Waals surface area (Å²) in [5.41, 5.74) is 3.77. The third-order valence-electron chi connectivity index (χ3n) is 3.12. The van der Waals surface area contributed by atoms with Crippen molar-refractivity contribution in [1.29, 1.82) is 0 Å². The zero-order chi connectivity index (χ0) is 14.0. The molecular formula is C13H18BrNO3. The molecule has 0 radical (unpaired) electrons. The van der Waals surface area contributed by atoms with Crippen molar-refractivity contribution < 1.29 is 14.3 Å². The van der Waals surface area contributed by atoms with Gasteiger partial charge in [0.1, 0.15) is 5.75 Å². The second-order valence-electron chi connectivity index (χ2n) is 4.10. The fourth-order valence-electron chi connectivity index (χ4n) is 1.95. The average molecular weight is 316 g/mol. The minimum absolute atomic E-state index is 0.424. The monoisotopic (exact) mass is 315 g/mol. The number of anilines is 1. The van der Waals surface area contributed by atoms with Crippen LogP contribution in [0.3, 0.4) is 0 Å². The first-order valence-electron chi connectivity index (χ1n) is 5.51. The number of hydrogen-bond donors (Lipinski definition) is 0. The first kappa shape index (κ1) is 14.8. The summed E-state index contributed by atoms with van der Waals surface area (Å²) in [6, 6.07) is 0. The maximum atomic E-state index is 11.7. The van der Waals surface area contributed by atoms with E-state index in [0.717, 1.165) is 26.9 Å². The van der Waals surface area contributed by atoms with E-state index in [1.165, 1.54) is 12.0 Å². The van der Waals surface area contributed by atoms with Gasteiger partial charge < -0.3 is 9.47 Å². The summed E-state index contributed by atoms with van der Waals surface area (Å²) >= 11 is 3.55. The Morgan fingerprint density at radius 2 is 1.67 bits per heavy atom. The number of halogens is 1. The zero-order valence-corrected chi connectivity index (χ0v) is 13.1. The minimum atomic E-state index is -0.424. The Kier molecular flexibility index (Phi) is 4.62. The molecule has 0 unspecified atom stereocenters. The predicted molar refractivity (Wildman–Crippen MR) is 75.7 cm³/mol. The van der Waals surface area contributed by atoms with Crippen LogP contribution >= 0.6 is 15.9 Å². The Morgan fingerprint density at radius 3 is 2.11 bits per heavy atom. The van der Waals surface area contributed by atoms with Crippen molar-refractivity contribution in [1.82, 2.24) is 0 Å². The van der Waals surface area contributed by atoms with Crippen molar-refractivity contribution in [3.05, 3.63) is 21.2 Å². The number of ether oxygens (including phenoxy) is 2. The molecule has 100 valence electrons. The second kappa shape index (κ2) is 5.61. The molecule has 1 aromatic rings. The largest absolute Gasteiger partial charge is 0.494 e. The van der Waals surface area contributed by atoms with E-state index in [1.807, 2.05) is 20.8 Å². The predicted octanol–water partition coefficient (Wildman–Crippen LogP) is 3.59. The molecule has 0 fully saturated rings. The Hall–Kier alpha value is -1.23. The van der Waals surface area contributed by atoms with E-state index in [4.69, 9.17) is 9.47 Å². The van der Waals surface area contributed by atoms with Crippen molar-refractivity contribution in [3.8, 4) is 5.75 Å². The fourth-order valence-corrected chi connectivity index (χ4v) is 2.44. The highest BCUT2D eigenvalue weighted by Gasteiger charge is 2.23. The van der Waals surface area contributed by atoms with Crippen molar-refractivity contribution in [2.75, 3.05) is 26.2 Å². The molecule has 18 heavy (non-hydrogen) atoms. The third kappa shape index (κ3) is 2.32. The standard InChI is InChI=1S/C13H18BrNO3/c1-7-8(2)12(17-5)11(9(3)10(7)14)15(4)13(16)18-6/h1-6H3. The van der Waals surface area contributed by atoms with Gasteiger partial charge in [-0.15, -0.1) is 0 Å². The Bertz CT molecular complexity index is 486. The van der Waals surface area contributed by atoms with Crippen molar-refractivity contribution in [2.24, 2.45) is 0 Å². The molecule has 0 heterocycles. The lowest BCUT2D eigenvalue weighted by molar-refractivity contribution is 0.180. The maximum absolute atomic E-state index is 11.7. The maximum Gasteiger partial charge on any atom is 0.413 e. The Labute approximate surface area is 116 Å². The normalized spacial score (nSPS) is 10.2. The second-order valence-corrected chi connectivity index (χ2v) is 4.89. The smallest absolute Gasteiger partial charge is 0.413 e. The molecule has 5 heteroatoms. The lowest BCUT2D eigenvalue weighted by atomic mass is 10.0. The molecule has 0 aliphatic rings. The number of methoxy groups -OCH3 is 2. The molecule has 1 rings (SSSR count). The van der Waals surface area contributed by atoms with Gasteiger partial charge >= 0.3 is 6.09 Å². The van der Waals surface area contributed by atoms with E-state index < -0.39 is 6.09 Å². The number of nitrogens with zero attached hydrogens (tertiary/aromatic N) is 1. The lowest BCUT2D eigenvalue weighted by Gasteiger charge is -2.24. The topological polar surface area (TPSA) is 38.8 Å². The van der Waals surface area contributed by atoms with Gasteiger partial charge in [0.15, 0.2) is 0 Å². The molecule has 1 aromatic carbocycles. The zero-order valence-electron chi connectivity index (χ0n) is 11.5. The molecule has 0 aromatic heterocycles. The van der Waals surface area contributed by atoms with Crippen LogP contribution in [-0.2, 0) is 4.74 Å². The summed E-state index contributed by atoms with van der Waals surface area (Å²) in [5.74, 6) is 0.695. The quantitative estimate of drug-likeness (QED) is 0.837. The lowest BCUT2D eigenvalue weighted by Crippen LogP contribution is -2.27. The van der Waals surface area contributed by atoms with E-state index in [9.17, 15) is 4.79 Å². The van der Waals surface area contributed by atoms with Gasteiger partial charge in [-0.2, -0.15) is 0 Å². The summed E-state index contributed by atoms with van der Waals surface area (Å²) in [4.78, 5) is 13.1. The molecule has 0 spiro atoms.